The Labute approximate surface area is 152 Å². The van der Waals surface area contributed by atoms with Gasteiger partial charge in [0.05, 0.1) is 0 Å². The van der Waals surface area contributed by atoms with Crippen LogP contribution in [0.2, 0.25) is 0 Å². The zero-order chi connectivity index (χ0) is 18.9. The highest BCUT2D eigenvalue weighted by atomic mass is 19.1. The van der Waals surface area contributed by atoms with Gasteiger partial charge in [0.1, 0.15) is 29.8 Å². The third-order valence-electron chi connectivity index (χ3n) is 3.86. The van der Waals surface area contributed by atoms with E-state index in [4.69, 9.17) is 4.74 Å². The summed E-state index contributed by atoms with van der Waals surface area (Å²) in [6.07, 6.45) is 2.34. The number of hydrogen-bond donors (Lipinski definition) is 1. The topological polar surface area (TPSA) is 62.1 Å². The fourth-order valence-corrected chi connectivity index (χ4v) is 2.13. The first-order valence-corrected chi connectivity index (χ1v) is 8.41. The van der Waals surface area contributed by atoms with Gasteiger partial charge in [0.15, 0.2) is 0 Å². The smallest absolute Gasteiger partial charge is 0.262 e. The minimum Gasteiger partial charge on any atom is -0.489 e. The van der Waals surface area contributed by atoms with Crippen molar-refractivity contribution >= 4 is 12.0 Å². The van der Waals surface area contributed by atoms with E-state index in [1.807, 2.05) is 19.9 Å². The molecule has 0 aromatic heterocycles. The van der Waals surface area contributed by atoms with Gasteiger partial charge in [-0.05, 0) is 54.8 Å². The molecule has 0 aliphatic carbocycles. The fourth-order valence-electron chi connectivity index (χ4n) is 2.13. The number of hydrogen-bond acceptors (Lipinski definition) is 3. The Hall–Kier alpha value is -3.13. The Morgan fingerprint density at radius 2 is 1.88 bits per heavy atom. The van der Waals surface area contributed by atoms with Gasteiger partial charge in [-0.1, -0.05) is 31.2 Å². The second kappa shape index (κ2) is 9.38. The van der Waals surface area contributed by atoms with Crippen molar-refractivity contribution in [2.75, 3.05) is 0 Å². The highest BCUT2D eigenvalue weighted by Crippen LogP contribution is 2.16. The third-order valence-corrected chi connectivity index (χ3v) is 3.86. The molecule has 0 bridgehead atoms. The Morgan fingerprint density at radius 1 is 1.23 bits per heavy atom. The van der Waals surface area contributed by atoms with Crippen molar-refractivity contribution in [3.63, 3.8) is 0 Å². The van der Waals surface area contributed by atoms with Gasteiger partial charge in [-0.25, -0.2) is 4.39 Å². The van der Waals surface area contributed by atoms with Gasteiger partial charge in [-0.3, -0.25) is 4.79 Å². The van der Waals surface area contributed by atoms with Crippen LogP contribution in [0.4, 0.5) is 4.39 Å². The van der Waals surface area contributed by atoms with E-state index in [-0.39, 0.29) is 23.3 Å². The number of nitriles is 1. The largest absolute Gasteiger partial charge is 0.489 e. The van der Waals surface area contributed by atoms with E-state index in [0.717, 1.165) is 17.5 Å². The summed E-state index contributed by atoms with van der Waals surface area (Å²) >= 11 is 0. The van der Waals surface area contributed by atoms with Crippen molar-refractivity contribution in [1.82, 2.24) is 5.32 Å². The SMILES string of the molecule is CC[C@H](C)NC(=O)/C(C#N)=C/c1ccc(OCc2ccc(F)cc2)cc1. The summed E-state index contributed by atoms with van der Waals surface area (Å²) in [6.45, 7) is 4.18. The summed E-state index contributed by atoms with van der Waals surface area (Å²) in [5, 5.41) is 12.0. The zero-order valence-corrected chi connectivity index (χ0v) is 14.8. The lowest BCUT2D eigenvalue weighted by atomic mass is 10.1. The van der Waals surface area contributed by atoms with Crippen LogP contribution in [-0.2, 0) is 11.4 Å². The first-order valence-electron chi connectivity index (χ1n) is 8.41. The summed E-state index contributed by atoms with van der Waals surface area (Å²) < 4.78 is 18.5. The number of carbonyl (C=O) groups excluding carboxylic acids is 1. The van der Waals surface area contributed by atoms with Gasteiger partial charge in [0.2, 0.25) is 0 Å². The van der Waals surface area contributed by atoms with E-state index in [1.165, 1.54) is 12.1 Å². The molecular formula is C21H21FN2O2. The number of nitrogens with one attached hydrogen (secondary N) is 1. The van der Waals surface area contributed by atoms with Gasteiger partial charge < -0.3 is 10.1 Å². The molecule has 0 heterocycles. The highest BCUT2D eigenvalue weighted by molar-refractivity contribution is 6.01. The number of carbonyl (C=O) groups is 1. The van der Waals surface area contributed by atoms with Gasteiger partial charge in [-0.2, -0.15) is 5.26 Å². The Balaban J connectivity index is 2.00. The average Bonchev–Trinajstić information content (AvgIpc) is 2.66. The maximum absolute atomic E-state index is 12.9. The number of halogens is 1. The molecule has 0 aliphatic rings. The highest BCUT2D eigenvalue weighted by Gasteiger charge is 2.11. The second-order valence-electron chi connectivity index (χ2n) is 5.94. The summed E-state index contributed by atoms with van der Waals surface area (Å²) in [7, 11) is 0. The molecule has 0 saturated heterocycles. The normalized spacial score (nSPS) is 12.2. The molecule has 1 atom stereocenters. The molecule has 0 unspecified atom stereocenters. The molecular weight excluding hydrogens is 331 g/mol. The van der Waals surface area contributed by atoms with Crippen LogP contribution < -0.4 is 10.1 Å². The summed E-state index contributed by atoms with van der Waals surface area (Å²) in [5.74, 6) is -0.0110. The minimum absolute atomic E-state index is 0.0153. The number of amides is 1. The molecule has 2 aromatic rings. The van der Waals surface area contributed by atoms with Gasteiger partial charge in [-0.15, -0.1) is 0 Å². The van der Waals surface area contributed by atoms with Crippen molar-refractivity contribution in [2.24, 2.45) is 0 Å². The number of nitrogens with zero attached hydrogens (tertiary/aromatic N) is 1. The predicted molar refractivity (Wildman–Crippen MR) is 98.7 cm³/mol. The Kier molecular flexibility index (Phi) is 6.92. The van der Waals surface area contributed by atoms with Crippen LogP contribution in [0, 0.1) is 17.1 Å². The molecule has 26 heavy (non-hydrogen) atoms. The first-order chi connectivity index (χ1) is 12.5. The maximum Gasteiger partial charge on any atom is 0.262 e. The third kappa shape index (κ3) is 5.75. The average molecular weight is 352 g/mol. The minimum atomic E-state index is -0.376. The van der Waals surface area contributed by atoms with Crippen molar-refractivity contribution in [3.05, 3.63) is 71.0 Å². The van der Waals surface area contributed by atoms with E-state index in [2.05, 4.69) is 5.32 Å². The van der Waals surface area contributed by atoms with Crippen molar-refractivity contribution in [3.8, 4) is 11.8 Å². The van der Waals surface area contributed by atoms with Crippen LogP contribution in [0.5, 0.6) is 5.75 Å². The van der Waals surface area contributed by atoms with E-state index >= 15 is 0 Å². The first kappa shape index (κ1) is 19.2. The van der Waals surface area contributed by atoms with Crippen LogP contribution in [0.15, 0.2) is 54.1 Å². The van der Waals surface area contributed by atoms with Crippen LogP contribution in [0.25, 0.3) is 6.08 Å². The zero-order valence-electron chi connectivity index (χ0n) is 14.8. The molecule has 2 aromatic carbocycles. The number of benzene rings is 2. The van der Waals surface area contributed by atoms with Crippen molar-refractivity contribution < 1.29 is 13.9 Å². The Bertz CT molecular complexity index is 805. The Morgan fingerprint density at radius 3 is 2.46 bits per heavy atom. The molecule has 0 aliphatic heterocycles. The maximum atomic E-state index is 12.9. The van der Waals surface area contributed by atoms with Gasteiger partial charge in [0, 0.05) is 6.04 Å². The molecule has 2 rings (SSSR count). The fraction of sp³-hybridized carbons (Fsp3) is 0.238. The standard InChI is InChI=1S/C21H21FN2O2/c1-3-15(2)24-21(25)18(13-23)12-16-6-10-20(11-7-16)26-14-17-4-8-19(22)9-5-17/h4-12,15H,3,14H2,1-2H3,(H,24,25)/b18-12+/t15-/m0/s1. The molecule has 0 saturated carbocycles. The van der Waals surface area contributed by atoms with E-state index in [1.54, 1.807) is 42.5 Å². The number of rotatable bonds is 7. The number of ether oxygens (including phenoxy) is 1. The lowest BCUT2D eigenvalue weighted by Gasteiger charge is -2.10. The molecule has 4 nitrogen and oxygen atoms in total. The molecule has 0 fully saturated rings. The van der Waals surface area contributed by atoms with Crippen LogP contribution in [0.1, 0.15) is 31.4 Å². The van der Waals surface area contributed by atoms with Crippen molar-refractivity contribution in [2.45, 2.75) is 32.9 Å². The summed E-state index contributed by atoms with van der Waals surface area (Å²) in [6, 6.07) is 15.1. The molecule has 1 N–H and O–H groups in total. The lowest BCUT2D eigenvalue weighted by Crippen LogP contribution is -2.32. The van der Waals surface area contributed by atoms with E-state index in [0.29, 0.717) is 12.4 Å². The van der Waals surface area contributed by atoms with Crippen molar-refractivity contribution in [1.29, 1.82) is 5.26 Å². The molecule has 5 heteroatoms. The summed E-state index contributed by atoms with van der Waals surface area (Å²) in [4.78, 5) is 12.0. The van der Waals surface area contributed by atoms with Crippen LogP contribution in [-0.4, -0.2) is 11.9 Å². The van der Waals surface area contributed by atoms with E-state index < -0.39 is 0 Å². The summed E-state index contributed by atoms with van der Waals surface area (Å²) in [5.41, 5.74) is 1.66. The van der Waals surface area contributed by atoms with Crippen LogP contribution >= 0.6 is 0 Å². The molecule has 0 spiro atoms. The van der Waals surface area contributed by atoms with Gasteiger partial charge in [0.25, 0.3) is 5.91 Å². The van der Waals surface area contributed by atoms with E-state index in [9.17, 15) is 14.4 Å². The quantitative estimate of drug-likeness (QED) is 0.599. The predicted octanol–water partition coefficient (Wildman–Crippen LogP) is 4.23. The monoisotopic (exact) mass is 352 g/mol. The van der Waals surface area contributed by atoms with Gasteiger partial charge >= 0.3 is 0 Å². The van der Waals surface area contributed by atoms with Crippen LogP contribution in [0.3, 0.4) is 0 Å². The molecule has 1 amide bonds. The lowest BCUT2D eigenvalue weighted by molar-refractivity contribution is -0.117. The molecule has 134 valence electrons. The second-order valence-corrected chi connectivity index (χ2v) is 5.94. The molecule has 0 radical (unpaired) electrons.